The summed E-state index contributed by atoms with van der Waals surface area (Å²) in [6, 6.07) is -0.689. The van der Waals surface area contributed by atoms with E-state index in [0.29, 0.717) is 22.8 Å². The standard InChI is InChI=1S/C13H17N5O5S2/c1-2-6(25-13-16-15-3-7(19)18(13)23)5-4-24-11-8(14)10(20)17(11)9(5)12(21)22/h6,8,11,15,23H,2-4,14H2,1H3,(H,21,22). The van der Waals surface area contributed by atoms with E-state index in [9.17, 15) is 24.7 Å². The Labute approximate surface area is 151 Å². The van der Waals surface area contributed by atoms with E-state index in [1.807, 2.05) is 6.92 Å². The van der Waals surface area contributed by atoms with Crippen LogP contribution in [0.25, 0.3) is 0 Å². The third-order valence-electron chi connectivity index (χ3n) is 4.07. The zero-order valence-corrected chi connectivity index (χ0v) is 14.8. The van der Waals surface area contributed by atoms with Crippen molar-refractivity contribution in [1.29, 1.82) is 0 Å². The Morgan fingerprint density at radius 2 is 2.28 bits per heavy atom. The van der Waals surface area contributed by atoms with Gasteiger partial charge >= 0.3 is 5.97 Å². The number of β-lactam (4-membered cyclic amide) rings is 1. The Kier molecular flexibility index (Phi) is 4.95. The summed E-state index contributed by atoms with van der Waals surface area (Å²) in [7, 11) is 0. The number of hydrogen-bond acceptors (Lipinski definition) is 9. The Balaban J connectivity index is 1.90. The lowest BCUT2D eigenvalue weighted by molar-refractivity contribution is -0.148. The van der Waals surface area contributed by atoms with Gasteiger partial charge in [0, 0.05) is 11.0 Å². The van der Waals surface area contributed by atoms with Gasteiger partial charge in [-0.2, -0.15) is 10.2 Å². The first-order valence-corrected chi connectivity index (χ1v) is 9.45. The number of rotatable bonds is 4. The molecule has 1 fully saturated rings. The van der Waals surface area contributed by atoms with Crippen molar-refractivity contribution in [3.63, 3.8) is 0 Å². The number of hydrogen-bond donors (Lipinski definition) is 4. The predicted octanol–water partition coefficient (Wildman–Crippen LogP) is -0.829. The first-order chi connectivity index (χ1) is 11.9. The number of amides is 2. The molecule has 0 saturated carbocycles. The maximum absolute atomic E-state index is 12.0. The first kappa shape index (κ1) is 18.0. The average molecular weight is 387 g/mol. The van der Waals surface area contributed by atoms with E-state index in [0.717, 1.165) is 11.8 Å². The van der Waals surface area contributed by atoms with E-state index in [4.69, 9.17) is 5.73 Å². The highest BCUT2D eigenvalue weighted by atomic mass is 32.2. The zero-order chi connectivity index (χ0) is 18.3. The summed E-state index contributed by atoms with van der Waals surface area (Å²) >= 11 is 2.48. The van der Waals surface area contributed by atoms with Gasteiger partial charge in [-0.1, -0.05) is 18.7 Å². The fourth-order valence-corrected chi connectivity index (χ4v) is 5.35. The van der Waals surface area contributed by atoms with Crippen LogP contribution in [0.3, 0.4) is 0 Å². The largest absolute Gasteiger partial charge is 0.477 e. The number of hydrazone groups is 1. The predicted molar refractivity (Wildman–Crippen MR) is 91.5 cm³/mol. The number of fused-ring (bicyclic) bond motifs is 1. The van der Waals surface area contributed by atoms with Crippen LogP contribution in [-0.2, 0) is 14.4 Å². The summed E-state index contributed by atoms with van der Waals surface area (Å²) in [5, 5.41) is 23.1. The number of carbonyl (C=O) groups excluding carboxylic acids is 2. The van der Waals surface area contributed by atoms with Gasteiger partial charge in [-0.25, -0.2) is 4.79 Å². The monoisotopic (exact) mass is 387 g/mol. The topological polar surface area (TPSA) is 149 Å². The van der Waals surface area contributed by atoms with Crippen LogP contribution in [-0.4, -0.2) is 72.2 Å². The van der Waals surface area contributed by atoms with Crippen molar-refractivity contribution in [2.45, 2.75) is 30.0 Å². The molecule has 3 rings (SSSR count). The molecule has 136 valence electrons. The minimum absolute atomic E-state index is 0.0408. The first-order valence-electron chi connectivity index (χ1n) is 7.52. The molecule has 0 aromatic rings. The van der Waals surface area contributed by atoms with Crippen LogP contribution in [0.15, 0.2) is 16.4 Å². The number of thioether (sulfide) groups is 2. The molecule has 0 aliphatic carbocycles. The van der Waals surface area contributed by atoms with Gasteiger partial charge < -0.3 is 10.8 Å². The van der Waals surface area contributed by atoms with Gasteiger partial charge in [-0.3, -0.25) is 25.1 Å². The fraction of sp³-hybridized carbons (Fsp3) is 0.538. The van der Waals surface area contributed by atoms with Crippen LogP contribution in [0.2, 0.25) is 0 Å². The lowest BCUT2D eigenvalue weighted by atomic mass is 10.0. The highest BCUT2D eigenvalue weighted by Gasteiger charge is 2.52. The number of amidine groups is 1. The zero-order valence-electron chi connectivity index (χ0n) is 13.2. The molecule has 5 N–H and O–H groups in total. The summed E-state index contributed by atoms with van der Waals surface area (Å²) in [5.74, 6) is -1.76. The quantitative estimate of drug-likeness (QED) is 0.358. The molecule has 3 aliphatic rings. The number of nitrogens with two attached hydrogens (primary N) is 1. The second-order valence-electron chi connectivity index (χ2n) is 5.56. The molecule has 0 radical (unpaired) electrons. The number of nitrogens with zero attached hydrogens (tertiary/aromatic N) is 3. The van der Waals surface area contributed by atoms with Crippen molar-refractivity contribution in [3.8, 4) is 0 Å². The Bertz CT molecular complexity index is 696. The minimum atomic E-state index is -1.19. The maximum Gasteiger partial charge on any atom is 0.352 e. The Hall–Kier alpha value is -1.76. The smallest absolute Gasteiger partial charge is 0.352 e. The van der Waals surface area contributed by atoms with Crippen molar-refractivity contribution in [2.75, 3.05) is 12.3 Å². The van der Waals surface area contributed by atoms with E-state index < -0.39 is 23.8 Å². The van der Waals surface area contributed by atoms with E-state index in [1.165, 1.54) is 16.7 Å². The summed E-state index contributed by atoms with van der Waals surface area (Å²) in [5.41, 5.74) is 8.75. The highest BCUT2D eigenvalue weighted by molar-refractivity contribution is 8.14. The molecule has 3 aliphatic heterocycles. The summed E-state index contributed by atoms with van der Waals surface area (Å²) in [6.45, 7) is 1.74. The molecule has 3 heterocycles. The highest BCUT2D eigenvalue weighted by Crippen LogP contribution is 2.43. The lowest BCUT2D eigenvalue weighted by Gasteiger charge is -2.48. The van der Waals surface area contributed by atoms with Crippen molar-refractivity contribution < 1.29 is 24.7 Å². The Morgan fingerprint density at radius 3 is 2.92 bits per heavy atom. The fourth-order valence-electron chi connectivity index (χ4n) is 2.79. The molecule has 0 aromatic heterocycles. The third kappa shape index (κ3) is 2.99. The second kappa shape index (κ2) is 6.86. The van der Waals surface area contributed by atoms with E-state index in [1.54, 1.807) is 0 Å². The summed E-state index contributed by atoms with van der Waals surface area (Å²) in [4.78, 5) is 36.6. The second-order valence-corrected chi connectivity index (χ2v) is 7.84. The maximum atomic E-state index is 12.0. The molecule has 3 atom stereocenters. The summed E-state index contributed by atoms with van der Waals surface area (Å²) in [6.07, 6.45) is 0.525. The molecule has 0 bridgehead atoms. The van der Waals surface area contributed by atoms with Crippen LogP contribution in [0.1, 0.15) is 13.3 Å². The molecule has 0 aromatic carbocycles. The van der Waals surface area contributed by atoms with Crippen LogP contribution >= 0.6 is 23.5 Å². The lowest BCUT2D eigenvalue weighted by Crippen LogP contribution is -2.68. The van der Waals surface area contributed by atoms with Crippen LogP contribution < -0.4 is 11.2 Å². The molecular weight excluding hydrogens is 370 g/mol. The van der Waals surface area contributed by atoms with Crippen LogP contribution in [0.4, 0.5) is 0 Å². The van der Waals surface area contributed by atoms with Gasteiger partial charge in [-0.05, 0) is 12.0 Å². The van der Waals surface area contributed by atoms with Gasteiger partial charge in [0.2, 0.25) is 11.1 Å². The summed E-state index contributed by atoms with van der Waals surface area (Å²) < 4.78 is 0. The van der Waals surface area contributed by atoms with Gasteiger partial charge in [0.25, 0.3) is 5.91 Å². The molecule has 10 nitrogen and oxygen atoms in total. The van der Waals surface area contributed by atoms with Gasteiger partial charge in [0.05, 0.1) is 0 Å². The third-order valence-corrected chi connectivity index (χ3v) is 6.77. The molecule has 25 heavy (non-hydrogen) atoms. The molecule has 0 spiro atoms. The average Bonchev–Trinajstić information content (AvgIpc) is 2.61. The number of aliphatic carboxylic acids is 1. The van der Waals surface area contributed by atoms with E-state index >= 15 is 0 Å². The van der Waals surface area contributed by atoms with Crippen molar-refractivity contribution in [1.82, 2.24) is 15.4 Å². The number of carbonyl (C=O) groups is 3. The molecule has 1 saturated heterocycles. The molecule has 12 heteroatoms. The number of carboxylic acid groups (broad SMARTS) is 1. The minimum Gasteiger partial charge on any atom is -0.477 e. The number of carboxylic acids is 1. The number of hydroxylamine groups is 2. The normalized spacial score (nSPS) is 27.4. The van der Waals surface area contributed by atoms with Gasteiger partial charge in [-0.15, -0.1) is 11.8 Å². The van der Waals surface area contributed by atoms with Crippen molar-refractivity contribution >= 4 is 46.5 Å². The van der Waals surface area contributed by atoms with Gasteiger partial charge in [0.1, 0.15) is 23.7 Å². The van der Waals surface area contributed by atoms with E-state index in [2.05, 4.69) is 10.5 Å². The number of nitrogens with one attached hydrogen (secondary N) is 1. The van der Waals surface area contributed by atoms with Crippen molar-refractivity contribution in [2.24, 2.45) is 10.8 Å². The molecule has 2 amide bonds. The van der Waals surface area contributed by atoms with E-state index in [-0.39, 0.29) is 28.0 Å². The Morgan fingerprint density at radius 1 is 1.56 bits per heavy atom. The SMILES string of the molecule is CCC(SC1=NNCC(=O)N1O)C1=C(C(=O)O)N2C(=O)C(N)C2SC1. The molecule has 3 unspecified atom stereocenters. The van der Waals surface area contributed by atoms with Crippen LogP contribution in [0, 0.1) is 0 Å². The van der Waals surface area contributed by atoms with Crippen molar-refractivity contribution in [3.05, 3.63) is 11.3 Å². The van der Waals surface area contributed by atoms with Crippen LogP contribution in [0.5, 0.6) is 0 Å². The van der Waals surface area contributed by atoms with Gasteiger partial charge in [0.15, 0.2) is 0 Å². The molecular formula is C13H17N5O5S2.